The summed E-state index contributed by atoms with van der Waals surface area (Å²) in [5, 5.41) is 5.40. The summed E-state index contributed by atoms with van der Waals surface area (Å²) in [4.78, 5) is 32.8. The largest absolute Gasteiger partial charge is 0.465 e. The number of carbonyl (C=O) groups excluding carboxylic acids is 2. The number of rotatable bonds is 5. The lowest BCUT2D eigenvalue weighted by molar-refractivity contribution is 0.0602. The molecule has 7 nitrogen and oxygen atoms in total. The number of esters is 1. The van der Waals surface area contributed by atoms with Crippen LogP contribution in [0.15, 0.2) is 54.6 Å². The number of nitrogens with one attached hydrogen (secondary N) is 2. The number of para-hydroxylation sites is 2. The van der Waals surface area contributed by atoms with Crippen LogP contribution in [0.5, 0.6) is 0 Å². The molecule has 0 fully saturated rings. The van der Waals surface area contributed by atoms with Crippen LogP contribution in [0.25, 0.3) is 0 Å². The van der Waals surface area contributed by atoms with Crippen molar-refractivity contribution in [3.05, 3.63) is 77.4 Å². The molecule has 2 N–H and O–H groups in total. The standard InChI is InChI=1S/C20H17FN4O3/c1-12-11-17(25-20(22-12)24-16-10-6-4-8-14(16)21)18(26)23-15-9-5-3-7-13(15)19(27)28-2/h3-11H,1-2H3,(H,23,26)(H,22,24,25). The fourth-order valence-corrected chi connectivity index (χ4v) is 2.49. The molecule has 1 aromatic heterocycles. The fraction of sp³-hybridized carbons (Fsp3) is 0.100. The lowest BCUT2D eigenvalue weighted by atomic mass is 10.1. The van der Waals surface area contributed by atoms with Crippen molar-refractivity contribution in [1.29, 1.82) is 0 Å². The molecule has 0 bridgehead atoms. The Morgan fingerprint density at radius 1 is 1.00 bits per heavy atom. The second-order valence-electron chi connectivity index (χ2n) is 5.81. The number of aromatic nitrogens is 2. The van der Waals surface area contributed by atoms with E-state index in [1.807, 2.05) is 0 Å². The van der Waals surface area contributed by atoms with E-state index in [4.69, 9.17) is 4.74 Å². The second-order valence-corrected chi connectivity index (χ2v) is 5.81. The molecule has 1 heterocycles. The average molecular weight is 380 g/mol. The van der Waals surface area contributed by atoms with Crippen LogP contribution < -0.4 is 10.6 Å². The van der Waals surface area contributed by atoms with Crippen molar-refractivity contribution in [2.45, 2.75) is 6.92 Å². The summed E-state index contributed by atoms with van der Waals surface area (Å²) in [7, 11) is 1.26. The van der Waals surface area contributed by atoms with Crippen LogP contribution in [0.3, 0.4) is 0 Å². The number of aryl methyl sites for hydroxylation is 1. The lowest BCUT2D eigenvalue weighted by Gasteiger charge is -2.11. The molecule has 0 saturated carbocycles. The fourth-order valence-electron chi connectivity index (χ4n) is 2.49. The van der Waals surface area contributed by atoms with Crippen LogP contribution in [0.1, 0.15) is 26.5 Å². The topological polar surface area (TPSA) is 93.2 Å². The van der Waals surface area contributed by atoms with Gasteiger partial charge in [0.05, 0.1) is 24.0 Å². The monoisotopic (exact) mass is 380 g/mol. The molecule has 0 unspecified atom stereocenters. The molecule has 0 saturated heterocycles. The number of benzene rings is 2. The molecule has 28 heavy (non-hydrogen) atoms. The third kappa shape index (κ3) is 4.29. The first-order valence-corrected chi connectivity index (χ1v) is 8.34. The van der Waals surface area contributed by atoms with Gasteiger partial charge in [0, 0.05) is 5.69 Å². The van der Waals surface area contributed by atoms with E-state index in [9.17, 15) is 14.0 Å². The average Bonchev–Trinajstić information content (AvgIpc) is 2.69. The summed E-state index contributed by atoms with van der Waals surface area (Å²) < 4.78 is 18.6. The van der Waals surface area contributed by atoms with E-state index in [2.05, 4.69) is 20.6 Å². The van der Waals surface area contributed by atoms with Crippen molar-refractivity contribution in [1.82, 2.24) is 9.97 Å². The van der Waals surface area contributed by atoms with Gasteiger partial charge in [-0.2, -0.15) is 0 Å². The van der Waals surface area contributed by atoms with Gasteiger partial charge in [0.25, 0.3) is 5.91 Å². The first-order chi connectivity index (χ1) is 13.5. The Bertz CT molecular complexity index is 1040. The number of methoxy groups -OCH3 is 1. The second kappa shape index (κ2) is 8.26. The molecular formula is C20H17FN4O3. The normalized spacial score (nSPS) is 10.2. The van der Waals surface area contributed by atoms with Gasteiger partial charge >= 0.3 is 5.97 Å². The van der Waals surface area contributed by atoms with Crippen molar-refractivity contribution >= 4 is 29.2 Å². The number of anilines is 3. The number of hydrogen-bond acceptors (Lipinski definition) is 6. The Labute approximate surface area is 160 Å². The minimum absolute atomic E-state index is 0.0611. The molecule has 142 valence electrons. The molecule has 0 aliphatic carbocycles. The zero-order chi connectivity index (χ0) is 20.1. The number of hydrogen-bond donors (Lipinski definition) is 2. The van der Waals surface area contributed by atoms with Crippen LogP contribution in [0.4, 0.5) is 21.7 Å². The number of ether oxygens (including phenoxy) is 1. The Kier molecular flexibility index (Phi) is 5.59. The van der Waals surface area contributed by atoms with E-state index in [1.165, 1.54) is 31.4 Å². The van der Waals surface area contributed by atoms with Crippen molar-refractivity contribution in [2.24, 2.45) is 0 Å². The highest BCUT2D eigenvalue weighted by Crippen LogP contribution is 2.19. The highest BCUT2D eigenvalue weighted by atomic mass is 19.1. The van der Waals surface area contributed by atoms with Gasteiger partial charge in [-0.05, 0) is 37.3 Å². The lowest BCUT2D eigenvalue weighted by Crippen LogP contribution is -2.18. The third-order valence-corrected chi connectivity index (χ3v) is 3.79. The number of nitrogens with zero attached hydrogens (tertiary/aromatic N) is 2. The van der Waals surface area contributed by atoms with E-state index >= 15 is 0 Å². The number of amides is 1. The Morgan fingerprint density at radius 2 is 1.68 bits per heavy atom. The summed E-state index contributed by atoms with van der Waals surface area (Å²) in [6.45, 7) is 1.69. The van der Waals surface area contributed by atoms with E-state index in [-0.39, 0.29) is 22.9 Å². The maximum Gasteiger partial charge on any atom is 0.339 e. The minimum atomic E-state index is -0.573. The molecule has 2 aromatic carbocycles. The summed E-state index contributed by atoms with van der Waals surface area (Å²) in [5.41, 5.74) is 1.27. The zero-order valence-electron chi connectivity index (χ0n) is 15.2. The van der Waals surface area contributed by atoms with Gasteiger partial charge in [-0.1, -0.05) is 24.3 Å². The first kappa shape index (κ1) is 19.0. The van der Waals surface area contributed by atoms with Gasteiger partial charge in [-0.3, -0.25) is 4.79 Å². The quantitative estimate of drug-likeness (QED) is 0.656. The van der Waals surface area contributed by atoms with Crippen molar-refractivity contribution in [3.8, 4) is 0 Å². The van der Waals surface area contributed by atoms with Gasteiger partial charge in [0.2, 0.25) is 5.95 Å². The maximum atomic E-state index is 13.8. The van der Waals surface area contributed by atoms with E-state index in [1.54, 1.807) is 37.3 Å². The van der Waals surface area contributed by atoms with Crippen LogP contribution >= 0.6 is 0 Å². The predicted molar refractivity (Wildman–Crippen MR) is 102 cm³/mol. The molecule has 3 rings (SSSR count). The van der Waals surface area contributed by atoms with Crippen molar-refractivity contribution in [2.75, 3.05) is 17.7 Å². The highest BCUT2D eigenvalue weighted by molar-refractivity contribution is 6.07. The van der Waals surface area contributed by atoms with E-state index in [0.717, 1.165) is 0 Å². The highest BCUT2D eigenvalue weighted by Gasteiger charge is 2.16. The smallest absolute Gasteiger partial charge is 0.339 e. The predicted octanol–water partition coefficient (Wildman–Crippen LogP) is 3.71. The van der Waals surface area contributed by atoms with Crippen molar-refractivity contribution in [3.63, 3.8) is 0 Å². The number of carbonyl (C=O) groups is 2. The van der Waals surface area contributed by atoms with E-state index in [0.29, 0.717) is 11.4 Å². The zero-order valence-corrected chi connectivity index (χ0v) is 15.2. The van der Waals surface area contributed by atoms with Crippen molar-refractivity contribution < 1.29 is 18.7 Å². The molecule has 0 atom stereocenters. The molecular weight excluding hydrogens is 363 g/mol. The molecule has 3 aromatic rings. The Morgan fingerprint density at radius 3 is 2.39 bits per heavy atom. The maximum absolute atomic E-state index is 13.8. The molecule has 1 amide bonds. The van der Waals surface area contributed by atoms with Gasteiger partial charge in [0.1, 0.15) is 11.5 Å². The number of halogens is 1. The van der Waals surface area contributed by atoms with Gasteiger partial charge in [0.15, 0.2) is 0 Å². The Hall–Kier alpha value is -3.81. The molecule has 0 aliphatic heterocycles. The summed E-state index contributed by atoms with van der Waals surface area (Å²) in [6, 6.07) is 14.0. The third-order valence-electron chi connectivity index (χ3n) is 3.79. The SMILES string of the molecule is COC(=O)c1ccccc1NC(=O)c1cc(C)nc(Nc2ccccc2F)n1. The Balaban J connectivity index is 1.86. The molecule has 0 spiro atoms. The summed E-state index contributed by atoms with van der Waals surface area (Å²) in [5.74, 6) is -1.50. The summed E-state index contributed by atoms with van der Waals surface area (Å²) >= 11 is 0. The van der Waals surface area contributed by atoms with Crippen LogP contribution in [0.2, 0.25) is 0 Å². The molecule has 8 heteroatoms. The van der Waals surface area contributed by atoms with E-state index < -0.39 is 17.7 Å². The summed E-state index contributed by atoms with van der Waals surface area (Å²) in [6.07, 6.45) is 0. The van der Waals surface area contributed by atoms with Gasteiger partial charge < -0.3 is 15.4 Å². The van der Waals surface area contributed by atoms with Crippen LogP contribution in [-0.2, 0) is 4.74 Å². The molecule has 0 radical (unpaired) electrons. The first-order valence-electron chi connectivity index (χ1n) is 8.34. The van der Waals surface area contributed by atoms with Crippen LogP contribution in [0, 0.1) is 12.7 Å². The minimum Gasteiger partial charge on any atom is -0.465 e. The van der Waals surface area contributed by atoms with Crippen LogP contribution in [-0.4, -0.2) is 29.0 Å². The van der Waals surface area contributed by atoms with Gasteiger partial charge in [-0.15, -0.1) is 0 Å². The molecule has 0 aliphatic rings. The van der Waals surface area contributed by atoms with Gasteiger partial charge in [-0.25, -0.2) is 19.2 Å².